The molecule has 1 unspecified atom stereocenters. The van der Waals surface area contributed by atoms with Gasteiger partial charge in [0.25, 0.3) is 0 Å². The fourth-order valence-electron chi connectivity index (χ4n) is 1.52. The van der Waals surface area contributed by atoms with Gasteiger partial charge in [-0.25, -0.2) is 0 Å². The van der Waals surface area contributed by atoms with E-state index in [0.29, 0.717) is 23.5 Å². The standard InChI is InChI=1S/C12H16O5/c1-7(12(14)15)4-8-5-11(17-3)9(13)6-10(8)16-2/h5-7,13H,4H2,1-3H3,(H,14,15). The number of carbonyl (C=O) groups is 1. The molecule has 0 amide bonds. The second-order valence-corrected chi connectivity index (χ2v) is 3.78. The molecule has 1 atom stereocenters. The molecule has 5 heteroatoms. The number of phenolic OH excluding ortho intramolecular Hbond substituents is 1. The highest BCUT2D eigenvalue weighted by Gasteiger charge is 2.17. The third-order valence-corrected chi connectivity index (χ3v) is 2.53. The molecule has 0 saturated heterocycles. The number of aromatic hydroxyl groups is 1. The summed E-state index contributed by atoms with van der Waals surface area (Å²) in [5.41, 5.74) is 0.692. The van der Waals surface area contributed by atoms with E-state index in [-0.39, 0.29) is 5.75 Å². The van der Waals surface area contributed by atoms with Gasteiger partial charge >= 0.3 is 5.97 Å². The Balaban J connectivity index is 3.08. The van der Waals surface area contributed by atoms with Crippen molar-refractivity contribution < 1.29 is 24.5 Å². The summed E-state index contributed by atoms with van der Waals surface area (Å²) in [4.78, 5) is 10.8. The summed E-state index contributed by atoms with van der Waals surface area (Å²) >= 11 is 0. The van der Waals surface area contributed by atoms with Gasteiger partial charge in [-0.2, -0.15) is 0 Å². The van der Waals surface area contributed by atoms with E-state index < -0.39 is 11.9 Å². The Kier molecular flexibility index (Phi) is 4.20. The Morgan fingerprint density at radius 1 is 1.29 bits per heavy atom. The SMILES string of the molecule is COc1cc(CC(C)C(=O)O)c(OC)cc1O. The van der Waals surface area contributed by atoms with Crippen LogP contribution in [0.4, 0.5) is 0 Å². The third-order valence-electron chi connectivity index (χ3n) is 2.53. The molecule has 17 heavy (non-hydrogen) atoms. The number of carboxylic acid groups (broad SMARTS) is 1. The van der Waals surface area contributed by atoms with Gasteiger partial charge in [0, 0.05) is 6.07 Å². The first kappa shape index (κ1) is 13.2. The lowest BCUT2D eigenvalue weighted by molar-refractivity contribution is -0.141. The zero-order valence-corrected chi connectivity index (χ0v) is 10.1. The largest absolute Gasteiger partial charge is 0.504 e. The molecule has 0 saturated carbocycles. The van der Waals surface area contributed by atoms with Crippen molar-refractivity contribution in [1.29, 1.82) is 0 Å². The number of methoxy groups -OCH3 is 2. The van der Waals surface area contributed by atoms with E-state index >= 15 is 0 Å². The van der Waals surface area contributed by atoms with Gasteiger partial charge in [-0.15, -0.1) is 0 Å². The van der Waals surface area contributed by atoms with Crippen molar-refractivity contribution >= 4 is 5.97 Å². The van der Waals surface area contributed by atoms with Gasteiger partial charge in [0.2, 0.25) is 0 Å². The Bertz CT molecular complexity index is 414. The number of hydrogen-bond donors (Lipinski definition) is 2. The first-order chi connectivity index (χ1) is 7.99. The van der Waals surface area contributed by atoms with Gasteiger partial charge < -0.3 is 19.7 Å². The summed E-state index contributed by atoms with van der Waals surface area (Å²) in [6, 6.07) is 3.01. The second kappa shape index (κ2) is 5.43. The molecule has 0 aliphatic carbocycles. The number of phenols is 1. The van der Waals surface area contributed by atoms with Crippen molar-refractivity contribution in [3.63, 3.8) is 0 Å². The molecule has 0 aliphatic heterocycles. The number of rotatable bonds is 5. The molecular formula is C12H16O5. The van der Waals surface area contributed by atoms with Gasteiger partial charge in [0.1, 0.15) is 5.75 Å². The van der Waals surface area contributed by atoms with Crippen LogP contribution in [-0.4, -0.2) is 30.4 Å². The molecule has 0 spiro atoms. The Morgan fingerprint density at radius 2 is 1.88 bits per heavy atom. The summed E-state index contributed by atoms with van der Waals surface area (Å²) < 4.78 is 10.1. The van der Waals surface area contributed by atoms with Crippen molar-refractivity contribution in [2.24, 2.45) is 5.92 Å². The van der Waals surface area contributed by atoms with Crippen molar-refractivity contribution in [2.45, 2.75) is 13.3 Å². The van der Waals surface area contributed by atoms with Crippen molar-refractivity contribution in [3.8, 4) is 17.2 Å². The average molecular weight is 240 g/mol. The molecule has 1 aromatic rings. The highest BCUT2D eigenvalue weighted by atomic mass is 16.5. The third kappa shape index (κ3) is 3.03. The fraction of sp³-hybridized carbons (Fsp3) is 0.417. The van der Waals surface area contributed by atoms with Crippen LogP contribution >= 0.6 is 0 Å². The first-order valence-corrected chi connectivity index (χ1v) is 5.16. The lowest BCUT2D eigenvalue weighted by Crippen LogP contribution is -2.12. The number of ether oxygens (including phenoxy) is 2. The van der Waals surface area contributed by atoms with E-state index in [1.54, 1.807) is 13.0 Å². The van der Waals surface area contributed by atoms with Crippen molar-refractivity contribution in [2.75, 3.05) is 14.2 Å². The number of hydrogen-bond acceptors (Lipinski definition) is 4. The van der Waals surface area contributed by atoms with Crippen LogP contribution < -0.4 is 9.47 Å². The van der Waals surface area contributed by atoms with Crippen molar-refractivity contribution in [1.82, 2.24) is 0 Å². The summed E-state index contributed by atoms with van der Waals surface area (Å²) in [5, 5.41) is 18.4. The Morgan fingerprint density at radius 3 is 2.35 bits per heavy atom. The number of benzene rings is 1. The average Bonchev–Trinajstić information content (AvgIpc) is 2.30. The zero-order chi connectivity index (χ0) is 13.0. The van der Waals surface area contributed by atoms with Crippen LogP contribution in [0.3, 0.4) is 0 Å². The molecule has 0 fully saturated rings. The minimum atomic E-state index is -0.876. The van der Waals surface area contributed by atoms with E-state index in [1.807, 2.05) is 0 Å². The Labute approximate surface area is 99.6 Å². The quantitative estimate of drug-likeness (QED) is 0.818. The first-order valence-electron chi connectivity index (χ1n) is 5.16. The van der Waals surface area contributed by atoms with Crippen LogP contribution in [0, 0.1) is 5.92 Å². The molecule has 94 valence electrons. The maximum Gasteiger partial charge on any atom is 0.306 e. The smallest absolute Gasteiger partial charge is 0.306 e. The van der Waals surface area contributed by atoms with E-state index in [9.17, 15) is 9.90 Å². The van der Waals surface area contributed by atoms with Gasteiger partial charge in [0.05, 0.1) is 20.1 Å². The van der Waals surface area contributed by atoms with Crippen molar-refractivity contribution in [3.05, 3.63) is 17.7 Å². The molecule has 0 aliphatic rings. The highest BCUT2D eigenvalue weighted by molar-refractivity contribution is 5.70. The van der Waals surface area contributed by atoms with Crippen LogP contribution in [0.5, 0.6) is 17.2 Å². The normalized spacial score (nSPS) is 11.9. The molecular weight excluding hydrogens is 224 g/mol. The zero-order valence-electron chi connectivity index (χ0n) is 10.1. The predicted octanol–water partition coefficient (Wildman–Crippen LogP) is 1.67. The molecule has 1 rings (SSSR count). The predicted molar refractivity (Wildman–Crippen MR) is 61.7 cm³/mol. The summed E-state index contributed by atoms with van der Waals surface area (Å²) in [6.07, 6.45) is 0.315. The molecule has 0 aromatic heterocycles. The van der Waals surface area contributed by atoms with Crippen LogP contribution in [0.25, 0.3) is 0 Å². The van der Waals surface area contributed by atoms with E-state index in [0.717, 1.165) is 0 Å². The summed E-state index contributed by atoms with van der Waals surface area (Å²) in [5.74, 6) is -0.678. The lowest BCUT2D eigenvalue weighted by atomic mass is 10.00. The fourth-order valence-corrected chi connectivity index (χ4v) is 1.52. The maximum atomic E-state index is 10.8. The minimum absolute atomic E-state index is 0.0314. The van der Waals surface area contributed by atoms with Crippen LogP contribution in [0.15, 0.2) is 12.1 Å². The minimum Gasteiger partial charge on any atom is -0.504 e. The molecule has 1 aromatic carbocycles. The maximum absolute atomic E-state index is 10.8. The summed E-state index contributed by atoms with van der Waals surface area (Å²) in [6.45, 7) is 1.61. The Hall–Kier alpha value is -1.91. The molecule has 0 heterocycles. The van der Waals surface area contributed by atoms with E-state index in [2.05, 4.69) is 0 Å². The van der Waals surface area contributed by atoms with E-state index in [1.165, 1.54) is 20.3 Å². The van der Waals surface area contributed by atoms with Crippen LogP contribution in [-0.2, 0) is 11.2 Å². The van der Waals surface area contributed by atoms with Gasteiger partial charge in [0.15, 0.2) is 11.5 Å². The van der Waals surface area contributed by atoms with E-state index in [4.69, 9.17) is 14.6 Å². The number of aliphatic carboxylic acids is 1. The highest BCUT2D eigenvalue weighted by Crippen LogP contribution is 2.34. The van der Waals surface area contributed by atoms with Gasteiger partial charge in [-0.3, -0.25) is 4.79 Å². The summed E-state index contributed by atoms with van der Waals surface area (Å²) in [7, 11) is 2.90. The number of carboxylic acids is 1. The lowest BCUT2D eigenvalue weighted by Gasteiger charge is -2.13. The van der Waals surface area contributed by atoms with Gasteiger partial charge in [-0.05, 0) is 18.1 Å². The monoisotopic (exact) mass is 240 g/mol. The molecule has 5 nitrogen and oxygen atoms in total. The topological polar surface area (TPSA) is 76.0 Å². The van der Waals surface area contributed by atoms with Crippen LogP contribution in [0.1, 0.15) is 12.5 Å². The van der Waals surface area contributed by atoms with Gasteiger partial charge in [-0.1, -0.05) is 6.92 Å². The second-order valence-electron chi connectivity index (χ2n) is 3.78. The molecule has 2 N–H and O–H groups in total. The van der Waals surface area contributed by atoms with Crippen LogP contribution in [0.2, 0.25) is 0 Å². The molecule has 0 radical (unpaired) electrons. The molecule has 0 bridgehead atoms.